The van der Waals surface area contributed by atoms with Crippen LogP contribution < -0.4 is 5.32 Å². The van der Waals surface area contributed by atoms with Crippen LogP contribution in [0.1, 0.15) is 15.9 Å². The molecule has 3 rings (SSSR count). The van der Waals surface area contributed by atoms with Crippen LogP contribution in [0.5, 0.6) is 0 Å². The normalized spacial score (nSPS) is 12.2. The minimum atomic E-state index is -1.99. The molecule has 0 saturated carbocycles. The molecular weight excluding hydrogens is 304 g/mol. The van der Waals surface area contributed by atoms with Crippen molar-refractivity contribution in [3.8, 4) is 0 Å². The first-order valence-electron chi connectivity index (χ1n) is 6.40. The van der Waals surface area contributed by atoms with Gasteiger partial charge in [-0.1, -0.05) is 12.1 Å². The van der Waals surface area contributed by atoms with E-state index in [0.29, 0.717) is 22.7 Å². The van der Waals surface area contributed by atoms with Gasteiger partial charge in [-0.15, -0.1) is 0 Å². The summed E-state index contributed by atoms with van der Waals surface area (Å²) >= 11 is -1.99. The average molecular weight is 316 g/mol. The van der Waals surface area contributed by atoms with E-state index in [9.17, 15) is 9.00 Å². The van der Waals surface area contributed by atoms with Gasteiger partial charge in [-0.05, 0) is 23.8 Å². The lowest BCUT2D eigenvalue weighted by Gasteiger charge is -2.06. The van der Waals surface area contributed by atoms with E-state index in [-0.39, 0.29) is 5.91 Å². The second-order valence-electron chi connectivity index (χ2n) is 4.61. The molecule has 0 fully saturated rings. The molecule has 2 aromatic heterocycles. The smallest absolute Gasteiger partial charge is 0.253 e. The zero-order chi connectivity index (χ0) is 15.5. The first kappa shape index (κ1) is 14.4. The number of nitrogens with one attached hydrogen (secondary N) is 2. The van der Waals surface area contributed by atoms with Gasteiger partial charge in [0, 0.05) is 18.1 Å². The lowest BCUT2D eigenvalue weighted by Crippen LogP contribution is -2.22. The predicted octanol–water partition coefficient (Wildman–Crippen LogP) is 1.47. The van der Waals surface area contributed by atoms with Crippen LogP contribution in [0.2, 0.25) is 0 Å². The number of hydrogen-bond donors (Lipinski definition) is 3. The van der Waals surface area contributed by atoms with Crippen molar-refractivity contribution in [1.29, 1.82) is 0 Å². The van der Waals surface area contributed by atoms with Gasteiger partial charge in [0.05, 0.1) is 16.7 Å². The van der Waals surface area contributed by atoms with Crippen molar-refractivity contribution >= 4 is 28.0 Å². The molecule has 3 N–H and O–H groups in total. The molecule has 0 saturated heterocycles. The summed E-state index contributed by atoms with van der Waals surface area (Å²) in [5.41, 5.74) is 1.91. The van der Waals surface area contributed by atoms with Crippen LogP contribution in [-0.4, -0.2) is 29.9 Å². The molecule has 1 aromatic carbocycles. The van der Waals surface area contributed by atoms with Crippen LogP contribution in [0.3, 0.4) is 0 Å². The minimum absolute atomic E-state index is 0.245. The van der Waals surface area contributed by atoms with Crippen molar-refractivity contribution < 1.29 is 13.6 Å². The van der Waals surface area contributed by atoms with Gasteiger partial charge < -0.3 is 9.87 Å². The maximum atomic E-state index is 12.1. The number of aromatic amines is 1. The molecule has 1 atom stereocenters. The molecule has 0 radical (unpaired) electrons. The maximum Gasteiger partial charge on any atom is 0.253 e. The molecule has 22 heavy (non-hydrogen) atoms. The number of pyridine rings is 1. The molecule has 112 valence electrons. The minimum Gasteiger partial charge on any atom is -0.348 e. The summed E-state index contributed by atoms with van der Waals surface area (Å²) in [4.78, 5) is 16.5. The Labute approximate surface area is 128 Å². The van der Waals surface area contributed by atoms with Crippen molar-refractivity contribution in [1.82, 2.24) is 20.5 Å². The van der Waals surface area contributed by atoms with Crippen LogP contribution in [0.25, 0.3) is 11.0 Å². The number of carbonyl (C=O) groups is 1. The third-order valence-corrected chi connectivity index (χ3v) is 3.81. The SMILES string of the molecule is O=C(NCc1ccc(S(=O)O)cc1)c1cnc2[nH]ncc2c1. The van der Waals surface area contributed by atoms with Crippen molar-refractivity contribution in [2.24, 2.45) is 0 Å². The van der Waals surface area contributed by atoms with Crippen LogP contribution in [0, 0.1) is 0 Å². The molecule has 7 nitrogen and oxygen atoms in total. The molecule has 2 heterocycles. The predicted molar refractivity (Wildman–Crippen MR) is 80.5 cm³/mol. The van der Waals surface area contributed by atoms with Gasteiger partial charge >= 0.3 is 0 Å². The molecule has 1 unspecified atom stereocenters. The van der Waals surface area contributed by atoms with Crippen molar-refractivity contribution in [2.75, 3.05) is 0 Å². The number of fused-ring (bicyclic) bond motifs is 1. The molecule has 0 aliphatic rings. The van der Waals surface area contributed by atoms with Gasteiger partial charge in [0.1, 0.15) is 0 Å². The number of hydrogen-bond acceptors (Lipinski definition) is 4. The molecule has 1 amide bonds. The maximum absolute atomic E-state index is 12.1. The molecule has 0 bridgehead atoms. The monoisotopic (exact) mass is 316 g/mol. The van der Waals surface area contributed by atoms with Crippen molar-refractivity contribution in [3.63, 3.8) is 0 Å². The van der Waals surface area contributed by atoms with Crippen LogP contribution in [0.4, 0.5) is 0 Å². The van der Waals surface area contributed by atoms with Crippen LogP contribution in [-0.2, 0) is 17.6 Å². The lowest BCUT2D eigenvalue weighted by atomic mass is 10.2. The van der Waals surface area contributed by atoms with Gasteiger partial charge in [-0.25, -0.2) is 9.19 Å². The zero-order valence-electron chi connectivity index (χ0n) is 11.3. The molecule has 3 aromatic rings. The summed E-state index contributed by atoms with van der Waals surface area (Å²) in [6.07, 6.45) is 3.08. The van der Waals surface area contributed by atoms with Crippen molar-refractivity contribution in [2.45, 2.75) is 11.4 Å². The standard InChI is InChI=1S/C14H12N4O3S/c19-14(11-5-10-8-17-18-13(10)15-7-11)16-6-9-1-3-12(4-2-9)22(20)21/h1-5,7-8H,6H2,(H,16,19)(H,20,21)(H,15,17,18). The number of aromatic nitrogens is 3. The van der Waals surface area contributed by atoms with Crippen molar-refractivity contribution in [3.05, 3.63) is 53.9 Å². The molecule has 0 aliphatic heterocycles. The highest BCUT2D eigenvalue weighted by Gasteiger charge is 2.08. The third kappa shape index (κ3) is 3.02. The lowest BCUT2D eigenvalue weighted by molar-refractivity contribution is 0.0950. The summed E-state index contributed by atoms with van der Waals surface area (Å²) in [6.45, 7) is 0.320. The Balaban J connectivity index is 1.67. The Hall–Kier alpha value is -2.58. The zero-order valence-corrected chi connectivity index (χ0v) is 12.1. The Bertz CT molecular complexity index is 845. The van der Waals surface area contributed by atoms with E-state index >= 15 is 0 Å². The van der Waals surface area contributed by atoms with Crippen LogP contribution in [0.15, 0.2) is 47.6 Å². The Morgan fingerprint density at radius 3 is 2.77 bits per heavy atom. The summed E-state index contributed by atoms with van der Waals surface area (Å²) in [7, 11) is 0. The highest BCUT2D eigenvalue weighted by molar-refractivity contribution is 7.79. The summed E-state index contributed by atoms with van der Waals surface area (Å²) in [5, 5.41) is 10.1. The molecule has 8 heteroatoms. The van der Waals surface area contributed by atoms with Gasteiger partial charge in [0.2, 0.25) is 0 Å². The van der Waals surface area contributed by atoms with Gasteiger partial charge in [-0.2, -0.15) is 5.10 Å². The summed E-state index contributed by atoms with van der Waals surface area (Å²) in [6, 6.07) is 8.20. The molecule has 0 aliphatic carbocycles. The number of amides is 1. The van der Waals surface area contributed by atoms with E-state index in [1.165, 1.54) is 6.20 Å². The fourth-order valence-corrected chi connectivity index (χ4v) is 2.34. The average Bonchev–Trinajstić information content (AvgIpc) is 3.00. The topological polar surface area (TPSA) is 108 Å². The van der Waals surface area contributed by atoms with E-state index in [4.69, 9.17) is 4.55 Å². The van der Waals surface area contributed by atoms with Gasteiger partial charge in [0.15, 0.2) is 16.7 Å². The largest absolute Gasteiger partial charge is 0.348 e. The molecule has 0 spiro atoms. The van der Waals surface area contributed by atoms with E-state index in [1.54, 1.807) is 36.5 Å². The number of carbonyl (C=O) groups excluding carboxylic acids is 1. The molecular formula is C14H12N4O3S. The number of benzene rings is 1. The number of rotatable bonds is 4. The highest BCUT2D eigenvalue weighted by atomic mass is 32.2. The fraction of sp³-hybridized carbons (Fsp3) is 0.0714. The third-order valence-electron chi connectivity index (χ3n) is 3.13. The van der Waals surface area contributed by atoms with E-state index in [1.807, 2.05) is 0 Å². The Kier molecular flexibility index (Phi) is 3.94. The van der Waals surface area contributed by atoms with E-state index in [2.05, 4.69) is 20.5 Å². The second-order valence-corrected chi connectivity index (χ2v) is 5.58. The summed E-state index contributed by atoms with van der Waals surface area (Å²) < 4.78 is 19.8. The van der Waals surface area contributed by atoms with E-state index in [0.717, 1.165) is 10.9 Å². The quantitative estimate of drug-likeness (QED) is 0.632. The Morgan fingerprint density at radius 1 is 1.27 bits per heavy atom. The highest BCUT2D eigenvalue weighted by Crippen LogP contribution is 2.10. The van der Waals surface area contributed by atoms with Gasteiger partial charge in [0.25, 0.3) is 5.91 Å². The fourth-order valence-electron chi connectivity index (χ4n) is 1.97. The first-order chi connectivity index (χ1) is 10.6. The summed E-state index contributed by atoms with van der Waals surface area (Å²) in [5.74, 6) is -0.245. The Morgan fingerprint density at radius 2 is 2.05 bits per heavy atom. The number of H-pyrrole nitrogens is 1. The first-order valence-corrected chi connectivity index (χ1v) is 7.51. The second kappa shape index (κ2) is 6.04. The van der Waals surface area contributed by atoms with Crippen LogP contribution >= 0.6 is 0 Å². The van der Waals surface area contributed by atoms with E-state index < -0.39 is 11.1 Å². The number of nitrogens with zero attached hydrogens (tertiary/aromatic N) is 2. The van der Waals surface area contributed by atoms with Gasteiger partial charge in [-0.3, -0.25) is 9.89 Å².